The van der Waals surface area contributed by atoms with Crippen LogP contribution in [0, 0.1) is 4.91 Å². The molecule has 0 radical (unpaired) electrons. The van der Waals surface area contributed by atoms with E-state index in [-0.39, 0.29) is 12.4 Å². The highest BCUT2D eigenvalue weighted by atomic mass is 35.5. The molecule has 4 nitrogen and oxygen atoms in total. The van der Waals surface area contributed by atoms with Crippen LogP contribution < -0.4 is 4.90 Å². The smallest absolute Gasteiger partial charge is 0.131 e. The summed E-state index contributed by atoms with van der Waals surface area (Å²) in [5.74, 6) is 0. The van der Waals surface area contributed by atoms with Gasteiger partial charge in [-0.2, -0.15) is 0 Å². The fourth-order valence-electron chi connectivity index (χ4n) is 3.63. The number of rotatable bonds is 4. The first-order valence-corrected chi connectivity index (χ1v) is 8.71. The standard InChI is InChI=1S/C21H21N3O.ClH/c25-22-20-10-3-4-11-21(20)24-14-12-23(13-15-24)16-18-8-5-7-17-6-1-2-9-19(17)18;/h1-11H,12-16H2;1H. The Bertz CT molecular complexity index is 886. The summed E-state index contributed by atoms with van der Waals surface area (Å²) in [6.45, 7) is 4.75. The molecule has 5 heteroatoms. The minimum atomic E-state index is 0. The van der Waals surface area contributed by atoms with E-state index >= 15 is 0 Å². The molecule has 1 saturated heterocycles. The second-order valence-corrected chi connectivity index (χ2v) is 6.48. The van der Waals surface area contributed by atoms with E-state index in [1.54, 1.807) is 6.07 Å². The largest absolute Gasteiger partial charge is 0.367 e. The Labute approximate surface area is 159 Å². The molecule has 1 aliphatic heterocycles. The van der Waals surface area contributed by atoms with Gasteiger partial charge in [0.2, 0.25) is 0 Å². The summed E-state index contributed by atoms with van der Waals surface area (Å²) >= 11 is 0. The molecule has 26 heavy (non-hydrogen) atoms. The minimum absolute atomic E-state index is 0. The van der Waals surface area contributed by atoms with Crippen molar-refractivity contribution in [2.24, 2.45) is 5.18 Å². The quantitative estimate of drug-likeness (QED) is 0.610. The van der Waals surface area contributed by atoms with Crippen LogP contribution in [0.1, 0.15) is 5.56 Å². The Balaban J connectivity index is 0.00000196. The number of nitrogens with zero attached hydrogens (tertiary/aromatic N) is 3. The lowest BCUT2D eigenvalue weighted by molar-refractivity contribution is 0.251. The summed E-state index contributed by atoms with van der Waals surface area (Å²) in [6.07, 6.45) is 0. The average molecular weight is 368 g/mol. The van der Waals surface area contributed by atoms with Crippen molar-refractivity contribution in [1.29, 1.82) is 0 Å². The third-order valence-electron chi connectivity index (χ3n) is 4.97. The molecule has 3 aromatic carbocycles. The molecule has 0 unspecified atom stereocenters. The van der Waals surface area contributed by atoms with Crippen molar-refractivity contribution in [1.82, 2.24) is 4.90 Å². The predicted molar refractivity (Wildman–Crippen MR) is 111 cm³/mol. The molecular formula is C21H22ClN3O. The highest BCUT2D eigenvalue weighted by molar-refractivity contribution is 5.86. The van der Waals surface area contributed by atoms with Crippen LogP contribution in [0.5, 0.6) is 0 Å². The first-order chi connectivity index (χ1) is 12.3. The van der Waals surface area contributed by atoms with Gasteiger partial charge in [-0.05, 0) is 33.6 Å². The van der Waals surface area contributed by atoms with E-state index in [1.165, 1.54) is 16.3 Å². The van der Waals surface area contributed by atoms with Gasteiger partial charge in [0.25, 0.3) is 0 Å². The molecular weight excluding hydrogens is 346 g/mol. The number of halogens is 1. The second kappa shape index (κ2) is 8.30. The van der Waals surface area contributed by atoms with Gasteiger partial charge in [-0.15, -0.1) is 17.3 Å². The number of para-hydroxylation sites is 1. The molecule has 0 bridgehead atoms. The lowest BCUT2D eigenvalue weighted by Gasteiger charge is -2.36. The first-order valence-electron chi connectivity index (χ1n) is 8.71. The number of nitroso groups, excluding NO2 is 1. The highest BCUT2D eigenvalue weighted by Gasteiger charge is 2.19. The van der Waals surface area contributed by atoms with Crippen LogP contribution in [-0.2, 0) is 6.54 Å². The Morgan fingerprint density at radius 3 is 2.31 bits per heavy atom. The maximum atomic E-state index is 11.0. The molecule has 1 heterocycles. The van der Waals surface area contributed by atoms with Crippen LogP contribution >= 0.6 is 12.4 Å². The molecule has 1 aliphatic rings. The van der Waals surface area contributed by atoms with Gasteiger partial charge in [0.05, 0.1) is 5.69 Å². The van der Waals surface area contributed by atoms with Crippen molar-refractivity contribution in [3.63, 3.8) is 0 Å². The summed E-state index contributed by atoms with van der Waals surface area (Å²) in [6, 6.07) is 22.7. The van der Waals surface area contributed by atoms with Gasteiger partial charge < -0.3 is 4.90 Å². The normalized spacial score (nSPS) is 14.8. The number of piperazine rings is 1. The monoisotopic (exact) mass is 367 g/mol. The van der Waals surface area contributed by atoms with Crippen molar-refractivity contribution in [3.05, 3.63) is 77.2 Å². The van der Waals surface area contributed by atoms with Gasteiger partial charge in [0.1, 0.15) is 5.69 Å². The van der Waals surface area contributed by atoms with E-state index in [9.17, 15) is 4.91 Å². The molecule has 0 N–H and O–H groups in total. The SMILES string of the molecule is Cl.O=Nc1ccccc1N1CCN(Cc2cccc3ccccc23)CC1. The molecule has 0 aromatic heterocycles. The van der Waals surface area contributed by atoms with E-state index in [0.717, 1.165) is 38.4 Å². The van der Waals surface area contributed by atoms with Gasteiger partial charge in [0.15, 0.2) is 0 Å². The van der Waals surface area contributed by atoms with Crippen LogP contribution in [0.25, 0.3) is 10.8 Å². The van der Waals surface area contributed by atoms with Crippen molar-refractivity contribution >= 4 is 34.6 Å². The Hall–Kier alpha value is -2.43. The second-order valence-electron chi connectivity index (χ2n) is 6.48. The molecule has 1 fully saturated rings. The molecule has 4 rings (SSSR count). The van der Waals surface area contributed by atoms with Crippen LogP contribution in [-0.4, -0.2) is 31.1 Å². The molecule has 0 atom stereocenters. The molecule has 0 aliphatic carbocycles. The Kier molecular flexibility index (Phi) is 5.86. The van der Waals surface area contributed by atoms with Crippen LogP contribution in [0.4, 0.5) is 11.4 Å². The van der Waals surface area contributed by atoms with E-state index in [0.29, 0.717) is 5.69 Å². The van der Waals surface area contributed by atoms with Crippen LogP contribution in [0.3, 0.4) is 0 Å². The highest BCUT2D eigenvalue weighted by Crippen LogP contribution is 2.29. The van der Waals surface area contributed by atoms with E-state index in [1.807, 2.05) is 18.2 Å². The Morgan fingerprint density at radius 2 is 1.50 bits per heavy atom. The van der Waals surface area contributed by atoms with Gasteiger partial charge in [-0.1, -0.05) is 54.6 Å². The van der Waals surface area contributed by atoms with Crippen LogP contribution in [0.15, 0.2) is 71.9 Å². The number of hydrogen-bond donors (Lipinski definition) is 0. The number of benzene rings is 3. The maximum Gasteiger partial charge on any atom is 0.131 e. The lowest BCUT2D eigenvalue weighted by atomic mass is 10.0. The third kappa shape index (κ3) is 3.71. The number of anilines is 1. The molecule has 3 aromatic rings. The average Bonchev–Trinajstić information content (AvgIpc) is 2.69. The predicted octanol–water partition coefficient (Wildman–Crippen LogP) is 4.98. The summed E-state index contributed by atoms with van der Waals surface area (Å²) < 4.78 is 0. The summed E-state index contributed by atoms with van der Waals surface area (Å²) in [5, 5.41) is 5.79. The number of hydrogen-bond acceptors (Lipinski definition) is 4. The van der Waals surface area contributed by atoms with Crippen molar-refractivity contribution in [2.75, 3.05) is 31.1 Å². The summed E-state index contributed by atoms with van der Waals surface area (Å²) in [5.41, 5.74) is 2.86. The van der Waals surface area contributed by atoms with Crippen LogP contribution in [0.2, 0.25) is 0 Å². The topological polar surface area (TPSA) is 35.9 Å². The van der Waals surface area contributed by atoms with Crippen molar-refractivity contribution < 1.29 is 0 Å². The van der Waals surface area contributed by atoms with E-state index in [2.05, 4.69) is 57.4 Å². The van der Waals surface area contributed by atoms with Gasteiger partial charge >= 0.3 is 0 Å². The maximum absolute atomic E-state index is 11.0. The van der Waals surface area contributed by atoms with E-state index < -0.39 is 0 Å². The molecule has 0 spiro atoms. The first kappa shape index (κ1) is 18.4. The Morgan fingerprint density at radius 1 is 0.808 bits per heavy atom. The lowest BCUT2D eigenvalue weighted by Crippen LogP contribution is -2.46. The molecule has 0 saturated carbocycles. The van der Waals surface area contributed by atoms with E-state index in [4.69, 9.17) is 0 Å². The summed E-state index contributed by atoms with van der Waals surface area (Å²) in [7, 11) is 0. The third-order valence-corrected chi connectivity index (χ3v) is 4.97. The molecule has 134 valence electrons. The van der Waals surface area contributed by atoms with Gasteiger partial charge in [-0.3, -0.25) is 4.90 Å². The van der Waals surface area contributed by atoms with Gasteiger partial charge in [0, 0.05) is 32.7 Å². The fourth-order valence-corrected chi connectivity index (χ4v) is 3.63. The summed E-state index contributed by atoms with van der Waals surface area (Å²) in [4.78, 5) is 15.8. The zero-order valence-corrected chi connectivity index (χ0v) is 15.4. The van der Waals surface area contributed by atoms with Gasteiger partial charge in [-0.25, -0.2) is 0 Å². The van der Waals surface area contributed by atoms with Crippen molar-refractivity contribution in [3.8, 4) is 0 Å². The zero-order valence-electron chi connectivity index (χ0n) is 14.5. The number of fused-ring (bicyclic) bond motifs is 1. The molecule has 0 amide bonds. The minimum Gasteiger partial charge on any atom is -0.367 e. The fraction of sp³-hybridized carbons (Fsp3) is 0.238. The zero-order chi connectivity index (χ0) is 17.1. The van der Waals surface area contributed by atoms with Crippen molar-refractivity contribution in [2.45, 2.75) is 6.54 Å².